The summed E-state index contributed by atoms with van der Waals surface area (Å²) in [5, 5.41) is 13.8. The Bertz CT molecular complexity index is 575. The number of pyridine rings is 1. The Morgan fingerprint density at radius 1 is 0.750 bits per heavy atom. The van der Waals surface area contributed by atoms with Gasteiger partial charge in [-0.2, -0.15) is 0 Å². The minimum absolute atomic E-state index is 0.0343. The predicted molar refractivity (Wildman–Crippen MR) is 137 cm³/mol. The van der Waals surface area contributed by atoms with Crippen LogP contribution < -0.4 is 5.32 Å². The zero-order valence-electron chi connectivity index (χ0n) is 20.4. The van der Waals surface area contributed by atoms with Crippen molar-refractivity contribution in [3.05, 3.63) is 41.1 Å². The minimum atomic E-state index is -0.423. The van der Waals surface area contributed by atoms with E-state index in [4.69, 9.17) is 0 Å². The molecule has 1 N–H and O–H groups in total. The maximum atomic E-state index is 10.6. The first kappa shape index (κ1) is 28.1. The van der Waals surface area contributed by atoms with Gasteiger partial charge in [0, 0.05) is 12.6 Å². The monoisotopic (exact) mass is 445 g/mol. The molecule has 32 heavy (non-hydrogen) atoms. The van der Waals surface area contributed by atoms with Gasteiger partial charge in [-0.15, -0.1) is 6.58 Å². The van der Waals surface area contributed by atoms with Crippen LogP contribution in [0, 0.1) is 10.1 Å². The number of anilines is 1. The topological polar surface area (TPSA) is 68.1 Å². The van der Waals surface area contributed by atoms with E-state index in [1.165, 1.54) is 128 Å². The first-order valence-corrected chi connectivity index (χ1v) is 13.2. The molecule has 1 aromatic rings. The van der Waals surface area contributed by atoms with Gasteiger partial charge in [0.25, 0.3) is 5.69 Å². The van der Waals surface area contributed by atoms with Crippen LogP contribution in [0.1, 0.15) is 122 Å². The summed E-state index contributed by atoms with van der Waals surface area (Å²) in [6.45, 7) is 4.65. The second-order valence-corrected chi connectivity index (χ2v) is 9.03. The molecule has 1 heterocycles. The number of hydrogen-bond acceptors (Lipinski definition) is 4. The molecule has 0 saturated carbocycles. The van der Waals surface area contributed by atoms with E-state index in [-0.39, 0.29) is 5.69 Å². The lowest BCUT2D eigenvalue weighted by Gasteiger charge is -2.05. The Balaban J connectivity index is 1.74. The zero-order valence-corrected chi connectivity index (χ0v) is 20.4. The molecule has 5 heteroatoms. The zero-order chi connectivity index (χ0) is 23.1. The quantitative estimate of drug-likeness (QED) is 0.0789. The number of nitrogens with zero attached hydrogens (tertiary/aromatic N) is 2. The highest BCUT2D eigenvalue weighted by Crippen LogP contribution is 2.15. The molecule has 0 fully saturated rings. The molecule has 0 saturated heterocycles. The molecule has 0 aliphatic heterocycles. The Morgan fingerprint density at radius 2 is 1.19 bits per heavy atom. The van der Waals surface area contributed by atoms with Crippen LogP contribution in [0.15, 0.2) is 31.0 Å². The molecule has 0 unspecified atom stereocenters. The average molecular weight is 446 g/mol. The van der Waals surface area contributed by atoms with Gasteiger partial charge in [0.1, 0.15) is 12.0 Å². The van der Waals surface area contributed by atoms with Gasteiger partial charge in [-0.1, -0.05) is 109 Å². The SMILES string of the molecule is C=CCCCCCCCCCCCCCCCCCCCCNc1ccc([N+](=O)[O-])cn1. The summed E-state index contributed by atoms with van der Waals surface area (Å²) in [7, 11) is 0. The number of hydrogen-bond donors (Lipinski definition) is 1. The summed E-state index contributed by atoms with van der Waals surface area (Å²) >= 11 is 0. The maximum absolute atomic E-state index is 10.6. The van der Waals surface area contributed by atoms with E-state index in [0.717, 1.165) is 13.0 Å². The normalized spacial score (nSPS) is 10.9. The fraction of sp³-hybridized carbons (Fsp3) is 0.741. The highest BCUT2D eigenvalue weighted by Gasteiger charge is 2.04. The van der Waals surface area contributed by atoms with E-state index in [2.05, 4.69) is 16.9 Å². The lowest BCUT2D eigenvalue weighted by Crippen LogP contribution is -2.03. The average Bonchev–Trinajstić information content (AvgIpc) is 2.80. The number of nitro groups is 1. The van der Waals surface area contributed by atoms with Crippen molar-refractivity contribution in [1.29, 1.82) is 0 Å². The molecular formula is C27H47N3O2. The van der Waals surface area contributed by atoms with Crippen molar-refractivity contribution in [3.8, 4) is 0 Å². The Morgan fingerprint density at radius 3 is 1.56 bits per heavy atom. The van der Waals surface area contributed by atoms with Crippen LogP contribution in [-0.4, -0.2) is 16.5 Å². The van der Waals surface area contributed by atoms with Crippen LogP contribution in [0.3, 0.4) is 0 Å². The van der Waals surface area contributed by atoms with E-state index in [0.29, 0.717) is 5.82 Å². The van der Waals surface area contributed by atoms with Gasteiger partial charge >= 0.3 is 0 Å². The van der Waals surface area contributed by atoms with Gasteiger partial charge in [-0.05, 0) is 25.3 Å². The van der Waals surface area contributed by atoms with Gasteiger partial charge < -0.3 is 5.32 Å². The van der Waals surface area contributed by atoms with Gasteiger partial charge in [-0.3, -0.25) is 10.1 Å². The molecule has 0 radical (unpaired) electrons. The largest absolute Gasteiger partial charge is 0.370 e. The Labute approximate surface area is 196 Å². The van der Waals surface area contributed by atoms with Crippen LogP contribution in [0.4, 0.5) is 11.5 Å². The molecule has 1 aromatic heterocycles. The van der Waals surface area contributed by atoms with Crippen molar-refractivity contribution in [1.82, 2.24) is 4.98 Å². The second kappa shape index (κ2) is 21.0. The van der Waals surface area contributed by atoms with Crippen molar-refractivity contribution in [2.24, 2.45) is 0 Å². The lowest BCUT2D eigenvalue weighted by atomic mass is 10.0. The van der Waals surface area contributed by atoms with E-state index < -0.39 is 4.92 Å². The van der Waals surface area contributed by atoms with Crippen molar-refractivity contribution in [2.45, 2.75) is 122 Å². The van der Waals surface area contributed by atoms with E-state index in [1.807, 2.05) is 6.08 Å². The summed E-state index contributed by atoms with van der Waals surface area (Å²) in [6, 6.07) is 3.16. The Hall–Kier alpha value is -1.91. The molecule has 0 amide bonds. The Kier molecular flexibility index (Phi) is 18.4. The van der Waals surface area contributed by atoms with Crippen LogP contribution in [0.5, 0.6) is 0 Å². The van der Waals surface area contributed by atoms with Gasteiger partial charge in [0.05, 0.1) is 4.92 Å². The first-order valence-electron chi connectivity index (χ1n) is 13.2. The second-order valence-electron chi connectivity index (χ2n) is 9.03. The summed E-state index contributed by atoms with van der Waals surface area (Å²) in [5.74, 6) is 0.713. The summed E-state index contributed by atoms with van der Waals surface area (Å²) < 4.78 is 0. The molecular weight excluding hydrogens is 398 g/mol. The highest BCUT2D eigenvalue weighted by molar-refractivity contribution is 5.39. The lowest BCUT2D eigenvalue weighted by molar-refractivity contribution is -0.385. The third kappa shape index (κ3) is 16.7. The van der Waals surface area contributed by atoms with E-state index in [9.17, 15) is 10.1 Å². The highest BCUT2D eigenvalue weighted by atomic mass is 16.6. The van der Waals surface area contributed by atoms with Crippen molar-refractivity contribution >= 4 is 11.5 Å². The minimum Gasteiger partial charge on any atom is -0.370 e. The molecule has 182 valence electrons. The number of unbranched alkanes of at least 4 members (excludes halogenated alkanes) is 18. The van der Waals surface area contributed by atoms with Crippen LogP contribution in [0.2, 0.25) is 0 Å². The van der Waals surface area contributed by atoms with Crippen LogP contribution >= 0.6 is 0 Å². The maximum Gasteiger partial charge on any atom is 0.287 e. The molecule has 0 aromatic carbocycles. The summed E-state index contributed by atoms with van der Waals surface area (Å²) in [4.78, 5) is 14.3. The standard InChI is InChI=1S/C27H47N3O2/c1-2-3-4-5-6-7-8-9-10-11-12-13-14-15-16-17-18-19-20-21-24-28-27-23-22-26(25-29-27)30(31)32/h2,22-23,25H,1,3-21,24H2,(H,28,29). The number of allylic oxidation sites excluding steroid dienone is 1. The van der Waals surface area contributed by atoms with Gasteiger partial charge in [0.15, 0.2) is 0 Å². The third-order valence-corrected chi connectivity index (χ3v) is 6.10. The van der Waals surface area contributed by atoms with Gasteiger partial charge in [-0.25, -0.2) is 4.98 Å². The molecule has 0 bridgehead atoms. The summed E-state index contributed by atoms with van der Waals surface area (Å²) in [5.41, 5.74) is 0.0343. The third-order valence-electron chi connectivity index (χ3n) is 6.10. The fourth-order valence-corrected chi connectivity index (χ4v) is 4.06. The number of nitrogens with one attached hydrogen (secondary N) is 1. The molecule has 0 aliphatic carbocycles. The predicted octanol–water partition coefficient (Wildman–Crippen LogP) is 9.00. The first-order chi connectivity index (χ1) is 15.7. The van der Waals surface area contributed by atoms with Crippen LogP contribution in [0.25, 0.3) is 0 Å². The van der Waals surface area contributed by atoms with Crippen molar-refractivity contribution < 1.29 is 4.92 Å². The van der Waals surface area contributed by atoms with E-state index in [1.54, 1.807) is 6.07 Å². The number of rotatable bonds is 23. The smallest absolute Gasteiger partial charge is 0.287 e. The molecule has 1 rings (SSSR count). The number of aromatic nitrogens is 1. The molecule has 0 aliphatic rings. The van der Waals surface area contributed by atoms with Crippen LogP contribution in [-0.2, 0) is 0 Å². The van der Waals surface area contributed by atoms with Gasteiger partial charge in [0.2, 0.25) is 0 Å². The van der Waals surface area contributed by atoms with Crippen molar-refractivity contribution in [3.63, 3.8) is 0 Å². The van der Waals surface area contributed by atoms with E-state index >= 15 is 0 Å². The fourth-order valence-electron chi connectivity index (χ4n) is 4.06. The molecule has 0 atom stereocenters. The van der Waals surface area contributed by atoms with Crippen molar-refractivity contribution in [2.75, 3.05) is 11.9 Å². The summed E-state index contributed by atoms with van der Waals surface area (Å²) in [6.07, 6.45) is 29.2. The molecule has 0 spiro atoms. The molecule has 5 nitrogen and oxygen atoms in total.